The van der Waals surface area contributed by atoms with E-state index in [1.807, 2.05) is 0 Å². The molecule has 0 bridgehead atoms. The first-order valence-corrected chi connectivity index (χ1v) is 5.22. The summed E-state index contributed by atoms with van der Waals surface area (Å²) >= 11 is 0. The van der Waals surface area contributed by atoms with Crippen molar-refractivity contribution in [2.24, 2.45) is 5.41 Å². The first-order chi connectivity index (χ1) is 6.47. The van der Waals surface area contributed by atoms with E-state index in [1.165, 1.54) is 0 Å². The van der Waals surface area contributed by atoms with Crippen LogP contribution in [0.1, 0.15) is 27.2 Å². The van der Waals surface area contributed by atoms with Crippen molar-refractivity contribution in [2.75, 3.05) is 19.6 Å². The molecule has 1 atom stereocenters. The molecule has 0 aromatic carbocycles. The fourth-order valence-electron chi connectivity index (χ4n) is 1.36. The third-order valence-corrected chi connectivity index (χ3v) is 2.17. The molecule has 4 nitrogen and oxygen atoms in total. The second-order valence-corrected chi connectivity index (χ2v) is 5.08. The SMILES string of the molecule is CC(C)(C)CNC(=O)NC1CCNC1. The molecule has 1 rings (SSSR count). The number of nitrogens with one attached hydrogen (secondary N) is 3. The van der Waals surface area contributed by atoms with Crippen LogP contribution in [-0.4, -0.2) is 31.7 Å². The van der Waals surface area contributed by atoms with Crippen molar-refractivity contribution in [3.63, 3.8) is 0 Å². The molecular formula is C10H21N3O. The Bertz CT molecular complexity index is 192. The van der Waals surface area contributed by atoms with Gasteiger partial charge in [-0.25, -0.2) is 4.79 Å². The van der Waals surface area contributed by atoms with E-state index in [9.17, 15) is 4.79 Å². The molecule has 1 fully saturated rings. The summed E-state index contributed by atoms with van der Waals surface area (Å²) in [5.74, 6) is 0. The first kappa shape index (κ1) is 11.3. The highest BCUT2D eigenvalue weighted by Gasteiger charge is 2.17. The fourth-order valence-corrected chi connectivity index (χ4v) is 1.36. The van der Waals surface area contributed by atoms with Gasteiger partial charge in [0.25, 0.3) is 0 Å². The van der Waals surface area contributed by atoms with Crippen molar-refractivity contribution in [2.45, 2.75) is 33.2 Å². The Kier molecular flexibility index (Phi) is 3.75. The van der Waals surface area contributed by atoms with Crippen LogP contribution in [0.15, 0.2) is 0 Å². The number of urea groups is 1. The van der Waals surface area contributed by atoms with Crippen LogP contribution in [0.25, 0.3) is 0 Å². The van der Waals surface area contributed by atoms with Gasteiger partial charge in [0, 0.05) is 19.1 Å². The van der Waals surface area contributed by atoms with Crippen LogP contribution in [0.4, 0.5) is 4.79 Å². The van der Waals surface area contributed by atoms with Crippen LogP contribution in [0.2, 0.25) is 0 Å². The second-order valence-electron chi connectivity index (χ2n) is 5.08. The van der Waals surface area contributed by atoms with E-state index in [2.05, 4.69) is 36.7 Å². The molecule has 3 N–H and O–H groups in total. The number of hydrogen-bond donors (Lipinski definition) is 3. The smallest absolute Gasteiger partial charge is 0.315 e. The molecule has 0 radical (unpaired) electrons. The van der Waals surface area contributed by atoms with Gasteiger partial charge in [-0.15, -0.1) is 0 Å². The van der Waals surface area contributed by atoms with Crippen LogP contribution in [-0.2, 0) is 0 Å². The lowest BCUT2D eigenvalue weighted by Crippen LogP contribution is -2.45. The average molecular weight is 199 g/mol. The summed E-state index contributed by atoms with van der Waals surface area (Å²) in [4.78, 5) is 11.4. The summed E-state index contributed by atoms with van der Waals surface area (Å²) in [6.07, 6.45) is 1.03. The average Bonchev–Trinajstić information content (AvgIpc) is 2.52. The number of amides is 2. The van der Waals surface area contributed by atoms with E-state index >= 15 is 0 Å². The summed E-state index contributed by atoms with van der Waals surface area (Å²) in [6.45, 7) is 8.91. The van der Waals surface area contributed by atoms with Crippen LogP contribution in [0.5, 0.6) is 0 Å². The zero-order chi connectivity index (χ0) is 10.6. The van der Waals surface area contributed by atoms with Gasteiger partial charge < -0.3 is 16.0 Å². The fraction of sp³-hybridized carbons (Fsp3) is 0.900. The zero-order valence-corrected chi connectivity index (χ0v) is 9.31. The predicted molar refractivity (Wildman–Crippen MR) is 57.3 cm³/mol. The van der Waals surface area contributed by atoms with Crippen molar-refractivity contribution in [3.05, 3.63) is 0 Å². The molecule has 14 heavy (non-hydrogen) atoms. The van der Waals surface area contributed by atoms with Crippen LogP contribution in [0.3, 0.4) is 0 Å². The van der Waals surface area contributed by atoms with E-state index in [0.717, 1.165) is 19.5 Å². The summed E-state index contributed by atoms with van der Waals surface area (Å²) in [6, 6.07) is 0.253. The first-order valence-electron chi connectivity index (χ1n) is 5.22. The monoisotopic (exact) mass is 199 g/mol. The van der Waals surface area contributed by atoms with Crippen molar-refractivity contribution in [1.82, 2.24) is 16.0 Å². The van der Waals surface area contributed by atoms with Gasteiger partial charge in [0.2, 0.25) is 0 Å². The minimum Gasteiger partial charge on any atom is -0.338 e. The van der Waals surface area contributed by atoms with E-state index in [4.69, 9.17) is 0 Å². The van der Waals surface area contributed by atoms with Gasteiger partial charge >= 0.3 is 6.03 Å². The molecule has 1 unspecified atom stereocenters. The molecule has 0 spiro atoms. The lowest BCUT2D eigenvalue weighted by Gasteiger charge is -2.20. The molecule has 0 aliphatic carbocycles. The highest BCUT2D eigenvalue weighted by Crippen LogP contribution is 2.09. The van der Waals surface area contributed by atoms with E-state index in [1.54, 1.807) is 0 Å². The third-order valence-electron chi connectivity index (χ3n) is 2.17. The quantitative estimate of drug-likeness (QED) is 0.613. The Morgan fingerprint density at radius 2 is 2.21 bits per heavy atom. The Balaban J connectivity index is 2.15. The van der Waals surface area contributed by atoms with Crippen LogP contribution in [0, 0.1) is 5.41 Å². The van der Waals surface area contributed by atoms with Gasteiger partial charge in [0.15, 0.2) is 0 Å². The molecule has 2 amide bonds. The standard InChI is InChI=1S/C10H21N3O/c1-10(2,3)7-12-9(14)13-8-4-5-11-6-8/h8,11H,4-7H2,1-3H3,(H2,12,13,14). The minimum absolute atomic E-state index is 0.0476. The molecular weight excluding hydrogens is 178 g/mol. The Labute approximate surface area is 85.8 Å². The largest absolute Gasteiger partial charge is 0.338 e. The van der Waals surface area contributed by atoms with E-state index in [0.29, 0.717) is 12.6 Å². The summed E-state index contributed by atoms with van der Waals surface area (Å²) in [7, 11) is 0. The number of carbonyl (C=O) groups excluding carboxylic acids is 1. The number of rotatable bonds is 2. The van der Waals surface area contributed by atoms with Gasteiger partial charge in [-0.2, -0.15) is 0 Å². The molecule has 1 heterocycles. The maximum Gasteiger partial charge on any atom is 0.315 e. The third kappa shape index (κ3) is 4.46. The summed E-state index contributed by atoms with van der Waals surface area (Å²) in [5, 5.41) is 9.02. The summed E-state index contributed by atoms with van der Waals surface area (Å²) in [5.41, 5.74) is 0.144. The maximum absolute atomic E-state index is 11.4. The van der Waals surface area contributed by atoms with Gasteiger partial charge in [0.1, 0.15) is 0 Å². The van der Waals surface area contributed by atoms with Crippen LogP contribution >= 0.6 is 0 Å². The topological polar surface area (TPSA) is 53.2 Å². The lowest BCUT2D eigenvalue weighted by molar-refractivity contribution is 0.232. The van der Waals surface area contributed by atoms with Crippen LogP contribution < -0.4 is 16.0 Å². The maximum atomic E-state index is 11.4. The van der Waals surface area contributed by atoms with E-state index in [-0.39, 0.29) is 11.4 Å². The molecule has 0 aromatic heterocycles. The van der Waals surface area contributed by atoms with Gasteiger partial charge in [0.05, 0.1) is 0 Å². The van der Waals surface area contributed by atoms with Crippen molar-refractivity contribution in [1.29, 1.82) is 0 Å². The van der Waals surface area contributed by atoms with Gasteiger partial charge in [-0.05, 0) is 18.4 Å². The normalized spacial score (nSPS) is 22.1. The lowest BCUT2D eigenvalue weighted by atomic mass is 9.97. The molecule has 4 heteroatoms. The molecule has 1 aliphatic rings. The molecule has 0 saturated carbocycles. The molecule has 82 valence electrons. The van der Waals surface area contributed by atoms with Gasteiger partial charge in [-0.3, -0.25) is 0 Å². The highest BCUT2D eigenvalue weighted by molar-refractivity contribution is 5.74. The van der Waals surface area contributed by atoms with Crippen molar-refractivity contribution >= 4 is 6.03 Å². The van der Waals surface area contributed by atoms with Crippen molar-refractivity contribution in [3.8, 4) is 0 Å². The van der Waals surface area contributed by atoms with Crippen molar-refractivity contribution < 1.29 is 4.79 Å². The number of carbonyl (C=O) groups is 1. The number of hydrogen-bond acceptors (Lipinski definition) is 2. The Morgan fingerprint density at radius 1 is 1.50 bits per heavy atom. The molecule has 1 saturated heterocycles. The Hall–Kier alpha value is -0.770. The van der Waals surface area contributed by atoms with Gasteiger partial charge in [-0.1, -0.05) is 20.8 Å². The Morgan fingerprint density at radius 3 is 2.71 bits per heavy atom. The van der Waals surface area contributed by atoms with E-state index < -0.39 is 0 Å². The highest BCUT2D eigenvalue weighted by atomic mass is 16.2. The summed E-state index contributed by atoms with van der Waals surface area (Å²) < 4.78 is 0. The molecule has 0 aromatic rings. The minimum atomic E-state index is -0.0476. The molecule has 1 aliphatic heterocycles. The zero-order valence-electron chi connectivity index (χ0n) is 9.31. The predicted octanol–water partition coefficient (Wildman–Crippen LogP) is 0.694. The second kappa shape index (κ2) is 4.64.